The summed E-state index contributed by atoms with van der Waals surface area (Å²) in [5.41, 5.74) is 13.4. The molecule has 1 amide bonds. The van der Waals surface area contributed by atoms with E-state index in [1.807, 2.05) is 0 Å². The van der Waals surface area contributed by atoms with Gasteiger partial charge in [0, 0.05) is 29.2 Å². The van der Waals surface area contributed by atoms with E-state index in [-0.39, 0.29) is 17.8 Å². The number of non-ortho nitro benzene ring substituents is 1. The van der Waals surface area contributed by atoms with Crippen molar-refractivity contribution in [3.05, 3.63) is 56.0 Å². The highest BCUT2D eigenvalue weighted by atomic mass is 16.6. The number of amides is 1. The Hall–Kier alpha value is -2.86. The number of hydrogen-bond acceptors (Lipinski definition) is 4. The highest BCUT2D eigenvalue weighted by Crippen LogP contribution is 2.18. The average Bonchev–Trinajstić information content (AvgIpc) is 2.34. The highest BCUT2D eigenvalue weighted by molar-refractivity contribution is 5.94. The number of nitro groups is 1. The van der Waals surface area contributed by atoms with Gasteiger partial charge in [-0.1, -0.05) is 17.3 Å². The number of nitro benzene ring substituents is 1. The molecule has 0 aliphatic rings. The lowest BCUT2D eigenvalue weighted by Gasteiger charge is -1.99. The maximum Gasteiger partial charge on any atom is 0.270 e. The van der Waals surface area contributed by atoms with Gasteiger partial charge >= 0.3 is 0 Å². The largest absolute Gasteiger partial charge is 0.366 e. The molecular formula is C10H9N5O3. The van der Waals surface area contributed by atoms with E-state index < -0.39 is 10.8 Å². The van der Waals surface area contributed by atoms with Gasteiger partial charge in [-0.15, -0.1) is 0 Å². The molecular weight excluding hydrogens is 238 g/mol. The van der Waals surface area contributed by atoms with E-state index in [4.69, 9.17) is 11.3 Å². The van der Waals surface area contributed by atoms with Crippen LogP contribution >= 0.6 is 0 Å². The van der Waals surface area contributed by atoms with E-state index in [9.17, 15) is 14.9 Å². The molecule has 0 aromatic heterocycles. The minimum atomic E-state index is -0.747. The Morgan fingerprint density at radius 2 is 2.28 bits per heavy atom. The standard InChI is InChI=1S/C10H9N5O3/c11-10(16)8-4-7(2-1-3-13-14-12)5-9(6-8)15(17)18/h1-2,4-6H,3H2,(H2,11,16). The van der Waals surface area contributed by atoms with Gasteiger partial charge in [-0.25, -0.2) is 0 Å². The first-order valence-electron chi connectivity index (χ1n) is 4.81. The fourth-order valence-electron chi connectivity index (χ4n) is 1.25. The number of hydrogen-bond donors (Lipinski definition) is 1. The van der Waals surface area contributed by atoms with Crippen LogP contribution in [0.4, 0.5) is 5.69 Å². The number of azide groups is 1. The lowest BCUT2D eigenvalue weighted by molar-refractivity contribution is -0.384. The zero-order valence-corrected chi connectivity index (χ0v) is 9.18. The molecule has 0 heterocycles. The van der Waals surface area contributed by atoms with Crippen molar-refractivity contribution < 1.29 is 9.72 Å². The Balaban J connectivity index is 3.10. The van der Waals surface area contributed by atoms with Crippen molar-refractivity contribution in [1.29, 1.82) is 0 Å². The van der Waals surface area contributed by atoms with Crippen molar-refractivity contribution >= 4 is 17.7 Å². The Kier molecular flexibility index (Phi) is 4.42. The van der Waals surface area contributed by atoms with Crippen LogP contribution in [0.1, 0.15) is 15.9 Å². The minimum Gasteiger partial charge on any atom is -0.366 e. The summed E-state index contributed by atoms with van der Waals surface area (Å²) in [5, 5.41) is 13.9. The predicted molar refractivity (Wildman–Crippen MR) is 64.7 cm³/mol. The Bertz CT molecular complexity index is 528. The molecule has 0 unspecified atom stereocenters. The number of benzene rings is 1. The molecule has 0 spiro atoms. The molecule has 0 bridgehead atoms. The van der Waals surface area contributed by atoms with E-state index in [0.29, 0.717) is 5.56 Å². The van der Waals surface area contributed by atoms with Crippen LogP contribution in [0.5, 0.6) is 0 Å². The average molecular weight is 247 g/mol. The summed E-state index contributed by atoms with van der Waals surface area (Å²) in [6, 6.07) is 3.81. The maximum absolute atomic E-state index is 11.0. The van der Waals surface area contributed by atoms with Crippen LogP contribution in [0.3, 0.4) is 0 Å². The van der Waals surface area contributed by atoms with Crippen LogP contribution in [-0.4, -0.2) is 17.4 Å². The van der Waals surface area contributed by atoms with Gasteiger partial charge in [0.1, 0.15) is 0 Å². The third-order valence-electron chi connectivity index (χ3n) is 2.00. The molecule has 8 nitrogen and oxygen atoms in total. The summed E-state index contributed by atoms with van der Waals surface area (Å²) in [4.78, 5) is 23.6. The summed E-state index contributed by atoms with van der Waals surface area (Å²) >= 11 is 0. The Morgan fingerprint density at radius 3 is 2.83 bits per heavy atom. The number of carbonyl (C=O) groups is 1. The van der Waals surface area contributed by atoms with Crippen molar-refractivity contribution in [2.45, 2.75) is 0 Å². The summed E-state index contributed by atoms with van der Waals surface area (Å²) < 4.78 is 0. The molecule has 0 aliphatic carbocycles. The first-order chi connectivity index (χ1) is 8.54. The maximum atomic E-state index is 11.0. The molecule has 92 valence electrons. The Labute approximate surface area is 101 Å². The molecule has 0 saturated heterocycles. The van der Waals surface area contributed by atoms with E-state index >= 15 is 0 Å². The van der Waals surface area contributed by atoms with Gasteiger partial charge in [0.15, 0.2) is 0 Å². The molecule has 1 aromatic carbocycles. The number of primary amides is 1. The summed E-state index contributed by atoms with van der Waals surface area (Å²) in [5.74, 6) is -0.747. The second kappa shape index (κ2) is 6.02. The van der Waals surface area contributed by atoms with Crippen molar-refractivity contribution in [3.63, 3.8) is 0 Å². The van der Waals surface area contributed by atoms with Gasteiger partial charge < -0.3 is 5.73 Å². The minimum absolute atomic E-state index is 0.0487. The van der Waals surface area contributed by atoms with Gasteiger partial charge in [0.25, 0.3) is 5.69 Å². The van der Waals surface area contributed by atoms with Gasteiger partial charge in [0.2, 0.25) is 5.91 Å². The van der Waals surface area contributed by atoms with E-state index in [0.717, 1.165) is 6.07 Å². The van der Waals surface area contributed by atoms with Gasteiger partial charge in [0.05, 0.1) is 4.92 Å². The number of carbonyl (C=O) groups excluding carboxylic acids is 1. The van der Waals surface area contributed by atoms with Crippen molar-refractivity contribution in [2.24, 2.45) is 10.8 Å². The van der Waals surface area contributed by atoms with Crippen LogP contribution < -0.4 is 5.73 Å². The van der Waals surface area contributed by atoms with Crippen LogP contribution in [0, 0.1) is 10.1 Å². The van der Waals surface area contributed by atoms with Crippen LogP contribution in [-0.2, 0) is 0 Å². The second-order valence-corrected chi connectivity index (χ2v) is 3.25. The molecule has 0 saturated carbocycles. The number of rotatable bonds is 5. The monoisotopic (exact) mass is 247 g/mol. The lowest BCUT2D eigenvalue weighted by Crippen LogP contribution is -2.11. The van der Waals surface area contributed by atoms with Crippen molar-refractivity contribution in [2.75, 3.05) is 6.54 Å². The first kappa shape index (κ1) is 13.2. The molecule has 0 fully saturated rings. The summed E-state index contributed by atoms with van der Waals surface area (Å²) in [7, 11) is 0. The molecule has 8 heteroatoms. The quantitative estimate of drug-likeness (QED) is 0.280. The molecule has 0 atom stereocenters. The van der Waals surface area contributed by atoms with E-state index in [1.165, 1.54) is 24.3 Å². The second-order valence-electron chi connectivity index (χ2n) is 3.25. The zero-order chi connectivity index (χ0) is 13.5. The van der Waals surface area contributed by atoms with Gasteiger partial charge in [-0.05, 0) is 17.2 Å². The van der Waals surface area contributed by atoms with E-state index in [2.05, 4.69) is 10.0 Å². The molecule has 2 N–H and O–H groups in total. The lowest BCUT2D eigenvalue weighted by atomic mass is 10.1. The molecule has 1 rings (SSSR count). The molecule has 18 heavy (non-hydrogen) atoms. The van der Waals surface area contributed by atoms with Crippen LogP contribution in [0.15, 0.2) is 29.4 Å². The third kappa shape index (κ3) is 3.62. The third-order valence-corrected chi connectivity index (χ3v) is 2.00. The molecule has 1 aromatic rings. The summed E-state index contributed by atoms with van der Waals surface area (Å²) in [6.07, 6.45) is 3.03. The zero-order valence-electron chi connectivity index (χ0n) is 9.18. The van der Waals surface area contributed by atoms with Gasteiger partial charge in [-0.3, -0.25) is 14.9 Å². The normalized spacial score (nSPS) is 10.0. The Morgan fingerprint density at radius 1 is 1.56 bits per heavy atom. The van der Waals surface area contributed by atoms with E-state index in [1.54, 1.807) is 0 Å². The first-order valence-corrected chi connectivity index (χ1v) is 4.81. The van der Waals surface area contributed by atoms with Crippen LogP contribution in [0.2, 0.25) is 0 Å². The molecule has 0 aliphatic heterocycles. The number of nitrogens with two attached hydrogens (primary N) is 1. The molecule has 0 radical (unpaired) electrons. The van der Waals surface area contributed by atoms with Crippen LogP contribution in [0.25, 0.3) is 16.5 Å². The fourth-order valence-corrected chi connectivity index (χ4v) is 1.25. The highest BCUT2D eigenvalue weighted by Gasteiger charge is 2.11. The fraction of sp³-hybridized carbons (Fsp3) is 0.100. The smallest absolute Gasteiger partial charge is 0.270 e. The predicted octanol–water partition coefficient (Wildman–Crippen LogP) is 2.02. The van der Waals surface area contributed by atoms with Gasteiger partial charge in [-0.2, -0.15) is 0 Å². The summed E-state index contributed by atoms with van der Waals surface area (Å²) in [6.45, 7) is 0.116. The van der Waals surface area contributed by atoms with Crippen molar-refractivity contribution in [3.8, 4) is 0 Å². The number of nitrogens with zero attached hydrogens (tertiary/aromatic N) is 4. The topological polar surface area (TPSA) is 135 Å². The SMILES string of the molecule is [N-]=[N+]=NCC=Cc1cc(C(N)=O)cc([N+](=O)[O-])c1. The van der Waals surface area contributed by atoms with Crippen molar-refractivity contribution in [1.82, 2.24) is 0 Å².